The van der Waals surface area contributed by atoms with Gasteiger partial charge in [0.15, 0.2) is 0 Å². The second-order valence-corrected chi connectivity index (χ2v) is 9.05. The third kappa shape index (κ3) is 4.68. The molecular weight excluding hydrogens is 374 g/mol. The second kappa shape index (κ2) is 7.27. The number of ether oxygens (including phenoxy) is 2. The van der Waals surface area contributed by atoms with E-state index in [1.54, 1.807) is 24.3 Å². The number of para-hydroxylation sites is 1. The predicted octanol–water partition coefficient (Wildman–Crippen LogP) is 1.86. The van der Waals surface area contributed by atoms with Gasteiger partial charge >= 0.3 is 20.3 Å². The van der Waals surface area contributed by atoms with Crippen LogP contribution in [-0.2, 0) is 9.13 Å². The van der Waals surface area contributed by atoms with Crippen molar-refractivity contribution in [3.63, 3.8) is 0 Å². The van der Waals surface area contributed by atoms with Crippen molar-refractivity contribution in [1.82, 2.24) is 0 Å². The molecule has 0 aliphatic heterocycles. The first kappa shape index (κ1) is 19.6. The molecule has 0 heterocycles. The smallest absolute Gasteiger partial charge is 0.373 e. The lowest BCUT2D eigenvalue weighted by atomic mass is 10.3. The van der Waals surface area contributed by atoms with Crippen LogP contribution in [0.4, 0.5) is 0 Å². The van der Waals surface area contributed by atoms with Gasteiger partial charge in [0.25, 0.3) is 0 Å². The van der Waals surface area contributed by atoms with Gasteiger partial charge in [-0.05, 0) is 36.4 Å². The quantitative estimate of drug-likeness (QED) is 0.446. The molecule has 0 amide bonds. The first-order chi connectivity index (χ1) is 11.5. The van der Waals surface area contributed by atoms with Crippen LogP contribution in [0.3, 0.4) is 0 Å². The minimum atomic E-state index is -5.56. The zero-order valence-electron chi connectivity index (χ0n) is 12.7. The van der Waals surface area contributed by atoms with E-state index in [1.165, 1.54) is 24.3 Å². The van der Waals surface area contributed by atoms with Crippen molar-refractivity contribution in [3.05, 3.63) is 54.6 Å². The summed E-state index contributed by atoms with van der Waals surface area (Å²) in [6.45, 7) is -1.29. The average molecular weight is 390 g/mol. The summed E-state index contributed by atoms with van der Waals surface area (Å²) in [6.07, 6.45) is 0. The summed E-state index contributed by atoms with van der Waals surface area (Å²) in [6, 6.07) is 14.6. The molecular formula is C14H16O9P2. The fourth-order valence-corrected chi connectivity index (χ4v) is 3.57. The van der Waals surface area contributed by atoms with E-state index in [1.807, 2.05) is 6.07 Å². The summed E-state index contributed by atoms with van der Waals surface area (Å²) in [5.74, 6) is 1.06. The Morgan fingerprint density at radius 1 is 0.760 bits per heavy atom. The molecule has 0 saturated carbocycles. The highest BCUT2D eigenvalue weighted by atomic mass is 31.2. The molecule has 11 heteroatoms. The Labute approximate surface area is 142 Å². The van der Waals surface area contributed by atoms with Crippen molar-refractivity contribution in [2.75, 3.05) is 6.61 Å². The van der Waals surface area contributed by atoms with E-state index in [4.69, 9.17) is 29.0 Å². The van der Waals surface area contributed by atoms with E-state index in [0.717, 1.165) is 0 Å². The molecule has 0 aromatic heterocycles. The highest BCUT2D eigenvalue weighted by molar-refractivity contribution is 7.72. The first-order valence-electron chi connectivity index (χ1n) is 6.82. The normalized spacial score (nSPS) is 12.7. The minimum Gasteiger partial charge on any atom is -0.489 e. The van der Waals surface area contributed by atoms with Crippen LogP contribution in [-0.4, -0.2) is 36.4 Å². The summed E-state index contributed by atoms with van der Waals surface area (Å²) in [5.41, 5.74) is 0. The van der Waals surface area contributed by atoms with Crippen molar-refractivity contribution in [3.8, 4) is 17.2 Å². The van der Waals surface area contributed by atoms with Crippen molar-refractivity contribution in [2.45, 2.75) is 5.08 Å². The van der Waals surface area contributed by atoms with E-state index in [2.05, 4.69) is 0 Å². The Kier molecular flexibility index (Phi) is 5.71. The molecule has 0 bridgehead atoms. The first-order valence-corrected chi connectivity index (χ1v) is 10.0. The Morgan fingerprint density at radius 2 is 1.20 bits per heavy atom. The third-order valence-corrected chi connectivity index (χ3v) is 6.86. The molecule has 9 nitrogen and oxygen atoms in total. The number of aliphatic hydroxyl groups is 1. The molecule has 2 rings (SSSR count). The van der Waals surface area contributed by atoms with Crippen LogP contribution in [0.1, 0.15) is 0 Å². The predicted molar refractivity (Wildman–Crippen MR) is 87.5 cm³/mol. The molecule has 136 valence electrons. The summed E-state index contributed by atoms with van der Waals surface area (Å²) in [5, 5.41) is 6.09. The van der Waals surface area contributed by atoms with Crippen molar-refractivity contribution >= 4 is 15.2 Å². The fraction of sp³-hybridized carbons (Fsp3) is 0.143. The van der Waals surface area contributed by atoms with Gasteiger partial charge in [-0.25, -0.2) is 0 Å². The van der Waals surface area contributed by atoms with E-state index in [9.17, 15) is 14.2 Å². The minimum absolute atomic E-state index is 0.0285. The van der Waals surface area contributed by atoms with Crippen LogP contribution in [0.15, 0.2) is 54.6 Å². The number of rotatable bonds is 7. The summed E-state index contributed by atoms with van der Waals surface area (Å²) < 4.78 is 32.9. The van der Waals surface area contributed by atoms with Crippen LogP contribution in [0.2, 0.25) is 0 Å². The summed E-state index contributed by atoms with van der Waals surface area (Å²) in [7, 11) is -11.1. The van der Waals surface area contributed by atoms with Gasteiger partial charge in [-0.2, -0.15) is 0 Å². The highest BCUT2D eigenvalue weighted by Gasteiger charge is 2.60. The maximum atomic E-state index is 11.2. The van der Waals surface area contributed by atoms with Crippen LogP contribution >= 0.6 is 15.2 Å². The Balaban J connectivity index is 2.08. The molecule has 0 aliphatic rings. The van der Waals surface area contributed by atoms with Gasteiger partial charge in [-0.15, -0.1) is 0 Å². The summed E-state index contributed by atoms with van der Waals surface area (Å²) >= 11 is 0. The monoisotopic (exact) mass is 390 g/mol. The van der Waals surface area contributed by atoms with Gasteiger partial charge in [0.2, 0.25) is 0 Å². The molecule has 0 saturated heterocycles. The van der Waals surface area contributed by atoms with Crippen LogP contribution in [0, 0.1) is 0 Å². The number of hydrogen-bond donors (Lipinski definition) is 5. The topological polar surface area (TPSA) is 154 Å². The fourth-order valence-electron chi connectivity index (χ4n) is 1.75. The standard InChI is InChI=1S/C14H16O9P2/c15-14(24(16,17)18,25(19,20)21)10-22-11-6-8-13(9-7-11)23-12-4-2-1-3-5-12/h1-9,15H,10H2,(H2,16,17,18)(H2,19,20,21). The lowest BCUT2D eigenvalue weighted by Crippen LogP contribution is -2.35. The van der Waals surface area contributed by atoms with Crippen LogP contribution in [0.25, 0.3) is 0 Å². The number of hydrogen-bond acceptors (Lipinski definition) is 5. The summed E-state index contributed by atoms with van der Waals surface area (Å²) in [4.78, 5) is 36.1. The van der Waals surface area contributed by atoms with Crippen LogP contribution in [0.5, 0.6) is 17.2 Å². The zero-order valence-corrected chi connectivity index (χ0v) is 14.5. The average Bonchev–Trinajstić information content (AvgIpc) is 2.53. The molecule has 25 heavy (non-hydrogen) atoms. The molecule has 2 aromatic carbocycles. The van der Waals surface area contributed by atoms with Gasteiger partial charge in [0, 0.05) is 0 Å². The van der Waals surface area contributed by atoms with Crippen molar-refractivity contribution in [1.29, 1.82) is 0 Å². The molecule has 0 atom stereocenters. The molecule has 2 aromatic rings. The van der Waals surface area contributed by atoms with Crippen molar-refractivity contribution < 1.29 is 43.3 Å². The SMILES string of the molecule is O=P(O)(O)C(O)(COc1ccc(Oc2ccccc2)cc1)P(=O)(O)O. The Hall–Kier alpha value is -1.70. The molecule has 0 unspecified atom stereocenters. The van der Waals surface area contributed by atoms with E-state index >= 15 is 0 Å². The highest BCUT2D eigenvalue weighted by Crippen LogP contribution is 2.67. The lowest BCUT2D eigenvalue weighted by Gasteiger charge is -2.28. The molecule has 0 fully saturated rings. The van der Waals surface area contributed by atoms with Crippen LogP contribution < -0.4 is 9.47 Å². The zero-order chi connectivity index (χ0) is 18.7. The van der Waals surface area contributed by atoms with Crippen molar-refractivity contribution in [2.24, 2.45) is 0 Å². The molecule has 0 spiro atoms. The maximum absolute atomic E-state index is 11.2. The van der Waals surface area contributed by atoms with E-state index in [0.29, 0.717) is 11.5 Å². The van der Waals surface area contributed by atoms with Gasteiger partial charge in [0.05, 0.1) is 0 Å². The van der Waals surface area contributed by atoms with Gasteiger partial charge in [-0.3, -0.25) is 9.13 Å². The molecule has 0 aliphatic carbocycles. The lowest BCUT2D eigenvalue weighted by molar-refractivity contribution is 0.0818. The Bertz CT molecular complexity index is 773. The molecule has 5 N–H and O–H groups in total. The van der Waals surface area contributed by atoms with Gasteiger partial charge in [0.1, 0.15) is 23.9 Å². The Morgan fingerprint density at radius 3 is 1.68 bits per heavy atom. The molecule has 0 radical (unpaired) electrons. The van der Waals surface area contributed by atoms with E-state index in [-0.39, 0.29) is 5.75 Å². The number of benzene rings is 2. The van der Waals surface area contributed by atoms with Gasteiger partial charge < -0.3 is 34.2 Å². The van der Waals surface area contributed by atoms with E-state index < -0.39 is 26.9 Å². The largest absolute Gasteiger partial charge is 0.489 e. The maximum Gasteiger partial charge on any atom is 0.373 e. The second-order valence-electron chi connectivity index (χ2n) is 5.04. The van der Waals surface area contributed by atoms with Gasteiger partial charge in [-0.1, -0.05) is 18.2 Å². The third-order valence-electron chi connectivity index (χ3n) is 3.17.